The molecule has 1 atom stereocenters. The molecule has 10 heavy (non-hydrogen) atoms. The van der Waals surface area contributed by atoms with Crippen molar-refractivity contribution in [3.63, 3.8) is 0 Å². The predicted octanol–water partition coefficient (Wildman–Crippen LogP) is 2.65. The van der Waals surface area contributed by atoms with E-state index >= 15 is 0 Å². The maximum atomic E-state index is 5.61. The normalized spacial score (nSPS) is 14.5. The van der Waals surface area contributed by atoms with Crippen LogP contribution in [-0.4, -0.2) is 7.85 Å². The quantitative estimate of drug-likeness (QED) is 0.407. The maximum absolute atomic E-state index is 5.61. The van der Waals surface area contributed by atoms with Crippen LogP contribution in [0, 0.1) is 0 Å². The Labute approximate surface area is 64.7 Å². The van der Waals surface area contributed by atoms with Crippen molar-refractivity contribution < 1.29 is 0 Å². The van der Waals surface area contributed by atoms with E-state index in [9.17, 15) is 0 Å². The molecule has 0 rings (SSSR count). The molecule has 0 saturated carbocycles. The first kappa shape index (κ1) is 9.28. The van der Waals surface area contributed by atoms with E-state index in [1.54, 1.807) is 6.08 Å². The Morgan fingerprint density at radius 2 is 2.10 bits per heavy atom. The van der Waals surface area contributed by atoms with Gasteiger partial charge >= 0.3 is 0 Å². The molecule has 0 bridgehead atoms. The van der Waals surface area contributed by atoms with Gasteiger partial charge < -0.3 is 0 Å². The zero-order valence-corrected chi connectivity index (χ0v) is 6.46. The molecule has 0 aliphatic carbocycles. The van der Waals surface area contributed by atoms with Gasteiger partial charge in [0.05, 0.1) is 7.85 Å². The Kier molecular flexibility index (Phi) is 5.95. The summed E-state index contributed by atoms with van der Waals surface area (Å²) in [6.07, 6.45) is 10.4. The fraction of sp³-hybridized carbons (Fsp3) is 0.333. The average Bonchev–Trinajstić information content (AvgIpc) is 1.98. The van der Waals surface area contributed by atoms with Crippen LogP contribution in [0.3, 0.4) is 0 Å². The first-order chi connectivity index (χ1) is 4.81. The lowest BCUT2D eigenvalue weighted by Gasteiger charge is -1.96. The number of allylic oxidation sites excluding steroid dienone is 5. The van der Waals surface area contributed by atoms with Gasteiger partial charge in [0, 0.05) is 0 Å². The minimum absolute atomic E-state index is 0.189. The summed E-state index contributed by atoms with van der Waals surface area (Å²) in [7, 11) is 5.61. The average molecular weight is 132 g/mol. The van der Waals surface area contributed by atoms with Crippen LogP contribution >= 0.6 is 0 Å². The Balaban J connectivity index is 3.54. The highest BCUT2D eigenvalue weighted by Crippen LogP contribution is 2.04. The summed E-state index contributed by atoms with van der Waals surface area (Å²) in [4.78, 5) is 0. The van der Waals surface area contributed by atoms with Crippen LogP contribution in [0.25, 0.3) is 0 Å². The fourth-order valence-corrected chi connectivity index (χ4v) is 0.486. The predicted molar refractivity (Wildman–Crippen MR) is 48.3 cm³/mol. The molecule has 0 N–H and O–H groups in total. The van der Waals surface area contributed by atoms with Crippen LogP contribution < -0.4 is 0 Å². The van der Waals surface area contributed by atoms with Crippen LogP contribution in [0.5, 0.6) is 0 Å². The van der Waals surface area contributed by atoms with Gasteiger partial charge in [-0.2, -0.15) is 0 Å². The Morgan fingerprint density at radius 3 is 2.60 bits per heavy atom. The molecule has 0 amide bonds. The smallest absolute Gasteiger partial charge is 0.0755 e. The van der Waals surface area contributed by atoms with Gasteiger partial charge in [-0.05, 0) is 0 Å². The second-order valence-corrected chi connectivity index (χ2v) is 2.08. The second kappa shape index (κ2) is 6.41. The summed E-state index contributed by atoms with van der Waals surface area (Å²) in [5.74, 6) is 0.189. The van der Waals surface area contributed by atoms with Crippen molar-refractivity contribution in [2.75, 3.05) is 0 Å². The molecule has 1 heteroatoms. The van der Waals surface area contributed by atoms with Crippen LogP contribution in [0.4, 0.5) is 0 Å². The van der Waals surface area contributed by atoms with Gasteiger partial charge in [-0.3, -0.25) is 0 Å². The molecule has 0 spiro atoms. The highest BCUT2D eigenvalue weighted by atomic mass is 13.8. The standard InChI is InChI=1S/C9H13B/c1-3-5-6-7-8-9(10)4-2/h3,5-9H,1,4H2,2H3/b6-5-,8-7+. The largest absolute Gasteiger partial charge is 0.0991 e. The molecular weight excluding hydrogens is 119 g/mol. The van der Waals surface area contributed by atoms with Gasteiger partial charge in [-0.1, -0.05) is 56.1 Å². The molecule has 1 unspecified atom stereocenters. The Hall–Kier alpha value is -0.715. The summed E-state index contributed by atoms with van der Waals surface area (Å²) in [6.45, 7) is 5.61. The lowest BCUT2D eigenvalue weighted by molar-refractivity contribution is 0.953. The fourth-order valence-electron chi connectivity index (χ4n) is 0.486. The number of hydrogen-bond acceptors (Lipinski definition) is 0. The lowest BCUT2D eigenvalue weighted by Crippen LogP contribution is -1.81. The molecule has 0 aliphatic rings. The first-order valence-corrected chi connectivity index (χ1v) is 3.52. The Morgan fingerprint density at radius 1 is 1.40 bits per heavy atom. The first-order valence-electron chi connectivity index (χ1n) is 3.52. The minimum Gasteiger partial charge on any atom is -0.0991 e. The van der Waals surface area contributed by atoms with Crippen molar-refractivity contribution in [3.8, 4) is 0 Å². The molecule has 0 aromatic heterocycles. The van der Waals surface area contributed by atoms with Crippen molar-refractivity contribution in [1.82, 2.24) is 0 Å². The SMILES string of the molecule is [B]C(/C=C/C=C\C=C)CC. The van der Waals surface area contributed by atoms with Crippen molar-refractivity contribution in [3.05, 3.63) is 37.0 Å². The monoisotopic (exact) mass is 132 g/mol. The molecule has 0 aliphatic heterocycles. The molecule has 2 radical (unpaired) electrons. The van der Waals surface area contributed by atoms with Crippen molar-refractivity contribution >= 4 is 7.85 Å². The van der Waals surface area contributed by atoms with Gasteiger partial charge in [0.15, 0.2) is 0 Å². The topological polar surface area (TPSA) is 0 Å². The van der Waals surface area contributed by atoms with E-state index in [4.69, 9.17) is 7.85 Å². The highest BCUT2D eigenvalue weighted by molar-refractivity contribution is 6.12. The van der Waals surface area contributed by atoms with Crippen molar-refractivity contribution in [2.45, 2.75) is 19.2 Å². The van der Waals surface area contributed by atoms with E-state index in [0.29, 0.717) is 0 Å². The summed E-state index contributed by atoms with van der Waals surface area (Å²) < 4.78 is 0. The highest BCUT2D eigenvalue weighted by Gasteiger charge is 1.86. The van der Waals surface area contributed by atoms with Crippen molar-refractivity contribution in [2.24, 2.45) is 0 Å². The van der Waals surface area contributed by atoms with Crippen LogP contribution in [0.1, 0.15) is 13.3 Å². The molecule has 0 aromatic carbocycles. The second-order valence-electron chi connectivity index (χ2n) is 2.08. The molecule has 0 aromatic rings. The molecule has 0 nitrogen and oxygen atoms in total. The molecule has 0 fully saturated rings. The summed E-state index contributed by atoms with van der Waals surface area (Å²) in [6, 6.07) is 0. The van der Waals surface area contributed by atoms with Gasteiger partial charge in [0.1, 0.15) is 0 Å². The zero-order chi connectivity index (χ0) is 7.82. The van der Waals surface area contributed by atoms with E-state index in [2.05, 4.69) is 13.5 Å². The Bertz CT molecular complexity index is 134. The summed E-state index contributed by atoms with van der Waals surface area (Å²) in [5.41, 5.74) is 0. The number of hydrogen-bond donors (Lipinski definition) is 0. The van der Waals surface area contributed by atoms with E-state index in [-0.39, 0.29) is 5.82 Å². The summed E-state index contributed by atoms with van der Waals surface area (Å²) >= 11 is 0. The van der Waals surface area contributed by atoms with E-state index in [1.165, 1.54) is 0 Å². The third-order valence-corrected chi connectivity index (χ3v) is 1.19. The van der Waals surface area contributed by atoms with Crippen LogP contribution in [-0.2, 0) is 0 Å². The molecule has 0 heterocycles. The van der Waals surface area contributed by atoms with Gasteiger partial charge in [0.25, 0.3) is 0 Å². The van der Waals surface area contributed by atoms with E-state index in [0.717, 1.165) is 6.42 Å². The summed E-state index contributed by atoms with van der Waals surface area (Å²) in [5, 5.41) is 0. The third-order valence-electron chi connectivity index (χ3n) is 1.19. The maximum Gasteiger partial charge on any atom is 0.0755 e. The van der Waals surface area contributed by atoms with Gasteiger partial charge in [-0.15, -0.1) is 0 Å². The van der Waals surface area contributed by atoms with Crippen LogP contribution in [0.2, 0.25) is 5.82 Å². The molecule has 52 valence electrons. The van der Waals surface area contributed by atoms with Crippen molar-refractivity contribution in [1.29, 1.82) is 0 Å². The zero-order valence-electron chi connectivity index (χ0n) is 6.46. The van der Waals surface area contributed by atoms with Gasteiger partial charge in [0.2, 0.25) is 0 Å². The van der Waals surface area contributed by atoms with Gasteiger partial charge in [-0.25, -0.2) is 0 Å². The molecular formula is C9H13B. The molecule has 0 saturated heterocycles. The van der Waals surface area contributed by atoms with Crippen LogP contribution in [0.15, 0.2) is 37.0 Å². The lowest BCUT2D eigenvalue weighted by atomic mass is 9.85. The minimum atomic E-state index is 0.189. The van der Waals surface area contributed by atoms with E-state index in [1.807, 2.05) is 24.3 Å². The number of rotatable bonds is 4. The van der Waals surface area contributed by atoms with E-state index < -0.39 is 0 Å². The third kappa shape index (κ3) is 5.42.